The highest BCUT2D eigenvalue weighted by atomic mass is 16.7. The molecular weight excluding hydrogens is 296 g/mol. The van der Waals surface area contributed by atoms with Crippen LogP contribution < -0.4 is 11.2 Å². The number of aliphatic hydroxyl groups is 2. The van der Waals surface area contributed by atoms with Crippen LogP contribution in [0.2, 0.25) is 0 Å². The van der Waals surface area contributed by atoms with E-state index < -0.39 is 36.5 Å². The van der Waals surface area contributed by atoms with Crippen molar-refractivity contribution in [2.45, 2.75) is 31.5 Å². The molecule has 2 unspecified atom stereocenters. The third-order valence-electron chi connectivity index (χ3n) is 3.53. The second-order valence-electron chi connectivity index (χ2n) is 4.99. The lowest BCUT2D eigenvalue weighted by Gasteiger charge is -2.23. The molecule has 0 spiro atoms. The number of ether oxygens (including phenoxy) is 3. The van der Waals surface area contributed by atoms with Crippen LogP contribution in [-0.2, 0) is 14.2 Å². The molecule has 0 saturated carbocycles. The molecule has 2 aliphatic heterocycles. The summed E-state index contributed by atoms with van der Waals surface area (Å²) >= 11 is 0. The summed E-state index contributed by atoms with van der Waals surface area (Å²) in [5.74, 6) is -0.368. The van der Waals surface area contributed by atoms with Gasteiger partial charge in [0.1, 0.15) is 6.61 Å². The highest BCUT2D eigenvalue weighted by Gasteiger charge is 2.41. The molecule has 9 nitrogen and oxygen atoms in total. The van der Waals surface area contributed by atoms with Crippen LogP contribution in [-0.4, -0.2) is 45.4 Å². The van der Waals surface area contributed by atoms with E-state index in [0.717, 1.165) is 17.1 Å². The van der Waals surface area contributed by atoms with Crippen LogP contribution in [0, 0.1) is 0 Å². The van der Waals surface area contributed by atoms with Crippen molar-refractivity contribution in [2.24, 2.45) is 0 Å². The molecule has 2 aliphatic rings. The van der Waals surface area contributed by atoms with E-state index in [9.17, 15) is 19.8 Å². The Hall–Kier alpha value is -2.10. The number of nitrogens with zero attached hydrogens (tertiary/aromatic N) is 1. The van der Waals surface area contributed by atoms with Gasteiger partial charge in [0.25, 0.3) is 5.56 Å². The number of rotatable bonds is 4. The normalized spacial score (nSPS) is 28.1. The Balaban J connectivity index is 1.91. The molecule has 3 atom stereocenters. The average Bonchev–Trinajstić information content (AvgIpc) is 3.10. The standard InChI is InChI=1S/C13H16N2O7/c16-6-7-10(18)11(22-9-2-1-5-20-9)12(21-7)15-4-3-8(17)14-13(15)19/h3-4,9,11-12,16,18H,1-2,5-6H2,(H,14,17,19)/t9?,11?,12-/m1/s1. The maximum Gasteiger partial charge on any atom is 0.331 e. The summed E-state index contributed by atoms with van der Waals surface area (Å²) in [6.45, 7) is 0.0185. The largest absolute Gasteiger partial charge is 0.506 e. The lowest BCUT2D eigenvalue weighted by atomic mass is 10.2. The molecule has 1 saturated heterocycles. The summed E-state index contributed by atoms with van der Waals surface area (Å²) in [4.78, 5) is 25.1. The highest BCUT2D eigenvalue weighted by molar-refractivity contribution is 5.14. The van der Waals surface area contributed by atoms with E-state index in [-0.39, 0.29) is 11.5 Å². The van der Waals surface area contributed by atoms with E-state index in [1.54, 1.807) is 0 Å². The summed E-state index contributed by atoms with van der Waals surface area (Å²) < 4.78 is 17.5. The molecule has 1 aromatic heterocycles. The van der Waals surface area contributed by atoms with E-state index in [1.165, 1.54) is 6.20 Å². The van der Waals surface area contributed by atoms with Gasteiger partial charge in [0.05, 0.1) is 0 Å². The second kappa shape index (κ2) is 5.95. The Morgan fingerprint density at radius 2 is 2.27 bits per heavy atom. The molecule has 0 amide bonds. The third-order valence-corrected chi connectivity index (χ3v) is 3.53. The Labute approximate surface area is 124 Å². The molecule has 0 radical (unpaired) electrons. The Morgan fingerprint density at radius 1 is 1.45 bits per heavy atom. The highest BCUT2D eigenvalue weighted by Crippen LogP contribution is 2.34. The maximum atomic E-state index is 11.9. The molecule has 0 aromatic carbocycles. The number of nitrogens with one attached hydrogen (secondary N) is 1. The first-order chi connectivity index (χ1) is 10.6. The van der Waals surface area contributed by atoms with Crippen molar-refractivity contribution in [3.05, 3.63) is 44.6 Å². The average molecular weight is 312 g/mol. The van der Waals surface area contributed by atoms with Gasteiger partial charge < -0.3 is 24.4 Å². The van der Waals surface area contributed by atoms with Crippen molar-refractivity contribution in [2.75, 3.05) is 13.2 Å². The fourth-order valence-electron chi connectivity index (χ4n) is 2.46. The summed E-state index contributed by atoms with van der Waals surface area (Å²) in [6.07, 6.45) is 0.176. The SMILES string of the molecule is O=c1ccn([C@@H]2OC(CO)=C(O)C2OC2CCCO2)c(=O)[nH]1. The van der Waals surface area contributed by atoms with E-state index in [4.69, 9.17) is 14.2 Å². The maximum absolute atomic E-state index is 11.9. The zero-order chi connectivity index (χ0) is 15.7. The molecule has 0 bridgehead atoms. The van der Waals surface area contributed by atoms with Gasteiger partial charge in [-0.3, -0.25) is 14.3 Å². The quantitative estimate of drug-likeness (QED) is 0.675. The summed E-state index contributed by atoms with van der Waals surface area (Å²) in [7, 11) is 0. The van der Waals surface area contributed by atoms with Gasteiger partial charge in [-0.1, -0.05) is 0 Å². The number of aromatic amines is 1. The van der Waals surface area contributed by atoms with Crippen LogP contribution in [0.4, 0.5) is 0 Å². The zero-order valence-corrected chi connectivity index (χ0v) is 11.6. The van der Waals surface area contributed by atoms with Crippen LogP contribution in [0.5, 0.6) is 0 Å². The van der Waals surface area contributed by atoms with Crippen LogP contribution >= 0.6 is 0 Å². The first-order valence-electron chi connectivity index (χ1n) is 6.88. The minimum Gasteiger partial charge on any atom is -0.506 e. The van der Waals surface area contributed by atoms with Crippen LogP contribution in [0.15, 0.2) is 33.4 Å². The van der Waals surface area contributed by atoms with E-state index in [1.807, 2.05) is 0 Å². The number of aromatic nitrogens is 2. The van der Waals surface area contributed by atoms with Gasteiger partial charge in [0, 0.05) is 25.3 Å². The van der Waals surface area contributed by atoms with E-state index in [2.05, 4.69) is 4.98 Å². The third kappa shape index (κ3) is 2.65. The Kier molecular flexibility index (Phi) is 4.01. The van der Waals surface area contributed by atoms with Gasteiger partial charge in [0.15, 0.2) is 23.9 Å². The Morgan fingerprint density at radius 3 is 2.91 bits per heavy atom. The lowest BCUT2D eigenvalue weighted by molar-refractivity contribution is -0.170. The predicted octanol–water partition coefficient (Wildman–Crippen LogP) is -0.651. The molecule has 9 heteroatoms. The van der Waals surface area contributed by atoms with Crippen LogP contribution in [0.25, 0.3) is 0 Å². The number of hydrogen-bond donors (Lipinski definition) is 3. The fourth-order valence-corrected chi connectivity index (χ4v) is 2.46. The van der Waals surface area contributed by atoms with Gasteiger partial charge in [-0.25, -0.2) is 4.79 Å². The molecule has 3 rings (SSSR count). The second-order valence-corrected chi connectivity index (χ2v) is 4.99. The lowest BCUT2D eigenvalue weighted by Crippen LogP contribution is -2.38. The van der Waals surface area contributed by atoms with Gasteiger partial charge >= 0.3 is 5.69 Å². The first kappa shape index (κ1) is 14.8. The van der Waals surface area contributed by atoms with Crippen molar-refractivity contribution >= 4 is 0 Å². The number of H-pyrrole nitrogens is 1. The molecular formula is C13H16N2O7. The predicted molar refractivity (Wildman–Crippen MR) is 72.0 cm³/mol. The molecule has 1 aromatic rings. The minimum atomic E-state index is -1.03. The van der Waals surface area contributed by atoms with Crippen LogP contribution in [0.3, 0.4) is 0 Å². The molecule has 3 heterocycles. The van der Waals surface area contributed by atoms with E-state index in [0.29, 0.717) is 13.0 Å². The fraction of sp³-hybridized carbons (Fsp3) is 0.538. The van der Waals surface area contributed by atoms with Crippen molar-refractivity contribution in [1.29, 1.82) is 0 Å². The van der Waals surface area contributed by atoms with Gasteiger partial charge in [-0.05, 0) is 6.42 Å². The molecule has 120 valence electrons. The van der Waals surface area contributed by atoms with Crippen molar-refractivity contribution in [1.82, 2.24) is 9.55 Å². The summed E-state index contributed by atoms with van der Waals surface area (Å²) in [5, 5.41) is 19.3. The summed E-state index contributed by atoms with van der Waals surface area (Å²) in [6, 6.07) is 1.15. The molecule has 3 N–H and O–H groups in total. The monoisotopic (exact) mass is 312 g/mol. The number of aliphatic hydroxyl groups excluding tert-OH is 2. The van der Waals surface area contributed by atoms with Gasteiger partial charge in [-0.2, -0.15) is 0 Å². The number of hydrogen-bond acceptors (Lipinski definition) is 7. The van der Waals surface area contributed by atoms with Crippen molar-refractivity contribution in [3.8, 4) is 0 Å². The topological polar surface area (TPSA) is 123 Å². The van der Waals surface area contributed by atoms with Gasteiger partial charge in [0.2, 0.25) is 6.23 Å². The van der Waals surface area contributed by atoms with E-state index >= 15 is 0 Å². The zero-order valence-electron chi connectivity index (χ0n) is 11.6. The van der Waals surface area contributed by atoms with Crippen LogP contribution in [0.1, 0.15) is 19.1 Å². The molecule has 0 aliphatic carbocycles. The molecule has 1 fully saturated rings. The smallest absolute Gasteiger partial charge is 0.331 e. The molecule has 22 heavy (non-hydrogen) atoms. The van der Waals surface area contributed by atoms with Crippen molar-refractivity contribution in [3.63, 3.8) is 0 Å². The summed E-state index contributed by atoms with van der Waals surface area (Å²) in [5.41, 5.74) is -1.25. The first-order valence-corrected chi connectivity index (χ1v) is 6.88. The minimum absolute atomic E-state index is 0.0777. The van der Waals surface area contributed by atoms with Crippen molar-refractivity contribution < 1.29 is 24.4 Å². The van der Waals surface area contributed by atoms with Gasteiger partial charge in [-0.15, -0.1) is 0 Å². The Bertz CT molecular complexity index is 686.